The Kier molecular flexibility index (Phi) is 6.04. The van der Waals surface area contributed by atoms with Crippen LogP contribution in [-0.2, 0) is 6.42 Å². The lowest BCUT2D eigenvalue weighted by Crippen LogP contribution is -1.83. The van der Waals surface area contributed by atoms with Gasteiger partial charge in [-0.15, -0.1) is 0 Å². The highest BCUT2D eigenvalue weighted by Crippen LogP contribution is 2.24. The monoisotopic (exact) mass is 230 g/mol. The lowest BCUT2D eigenvalue weighted by molar-refractivity contribution is 0.702. The molecule has 1 aliphatic carbocycles. The van der Waals surface area contributed by atoms with Gasteiger partial charge in [-0.05, 0) is 31.4 Å². The third-order valence-corrected chi connectivity index (χ3v) is 3.13. The van der Waals surface area contributed by atoms with Crippen LogP contribution in [0.3, 0.4) is 0 Å². The molecule has 0 radical (unpaired) electrons. The van der Waals surface area contributed by atoms with Gasteiger partial charge in [0.2, 0.25) is 0 Å². The van der Waals surface area contributed by atoms with Gasteiger partial charge in [0.25, 0.3) is 0 Å². The number of rotatable bonds is 3. The molecule has 0 heteroatoms. The molecule has 0 heterocycles. The fourth-order valence-corrected chi connectivity index (χ4v) is 2.15. The van der Waals surface area contributed by atoms with E-state index in [-0.39, 0.29) is 0 Å². The topological polar surface area (TPSA) is 0 Å². The Morgan fingerprint density at radius 3 is 2.24 bits per heavy atom. The molecule has 2 rings (SSSR count). The molecule has 0 bridgehead atoms. The average molecular weight is 230 g/mol. The predicted octanol–water partition coefficient (Wildman–Crippen LogP) is 5.54. The van der Waals surface area contributed by atoms with E-state index in [4.69, 9.17) is 0 Å². The Hall–Kier alpha value is -1.04. The second-order valence-corrected chi connectivity index (χ2v) is 5.08. The van der Waals surface area contributed by atoms with Gasteiger partial charge in [-0.2, -0.15) is 0 Å². The van der Waals surface area contributed by atoms with Crippen molar-refractivity contribution in [3.05, 3.63) is 40.5 Å². The number of aryl methyl sites for hydroxylation is 1. The average Bonchev–Trinajstić information content (AvgIpc) is 2.66. The van der Waals surface area contributed by atoms with Crippen LogP contribution in [0.2, 0.25) is 0 Å². The third-order valence-electron chi connectivity index (χ3n) is 3.13. The van der Waals surface area contributed by atoms with E-state index < -0.39 is 0 Å². The normalized spacial score (nSPS) is 12.6. The van der Waals surface area contributed by atoms with Gasteiger partial charge in [0.05, 0.1) is 0 Å². The van der Waals surface area contributed by atoms with Crippen molar-refractivity contribution in [2.75, 3.05) is 0 Å². The van der Waals surface area contributed by atoms with Crippen LogP contribution in [0.1, 0.15) is 63.1 Å². The van der Waals surface area contributed by atoms with Crippen molar-refractivity contribution >= 4 is 6.08 Å². The van der Waals surface area contributed by atoms with Gasteiger partial charge >= 0.3 is 0 Å². The summed E-state index contributed by atoms with van der Waals surface area (Å²) >= 11 is 0. The summed E-state index contributed by atoms with van der Waals surface area (Å²) in [6.45, 7) is 8.80. The van der Waals surface area contributed by atoms with E-state index in [1.54, 1.807) is 0 Å². The summed E-state index contributed by atoms with van der Waals surface area (Å²) in [5.41, 5.74) is 5.74. The first-order valence-electron chi connectivity index (χ1n) is 6.94. The van der Waals surface area contributed by atoms with Gasteiger partial charge in [-0.25, -0.2) is 0 Å². The van der Waals surface area contributed by atoms with E-state index in [9.17, 15) is 0 Å². The minimum Gasteiger partial charge on any atom is -0.0683 e. The molecule has 0 amide bonds. The summed E-state index contributed by atoms with van der Waals surface area (Å²) in [4.78, 5) is 0. The molecule has 0 unspecified atom stereocenters. The Bertz CT molecular complexity index is 368. The second-order valence-electron chi connectivity index (χ2n) is 5.08. The molecular weight excluding hydrogens is 204 g/mol. The van der Waals surface area contributed by atoms with Crippen LogP contribution in [0.15, 0.2) is 23.8 Å². The smallest absolute Gasteiger partial charge is 0.00605 e. The van der Waals surface area contributed by atoms with Crippen LogP contribution >= 0.6 is 0 Å². The molecule has 1 aliphatic rings. The van der Waals surface area contributed by atoms with Crippen molar-refractivity contribution in [3.63, 3.8) is 0 Å². The first kappa shape index (κ1) is 14.0. The van der Waals surface area contributed by atoms with Crippen LogP contribution in [0, 0.1) is 6.92 Å². The molecule has 0 spiro atoms. The number of allylic oxidation sites excluding steroid dienone is 1. The molecular formula is C17H26. The van der Waals surface area contributed by atoms with Crippen molar-refractivity contribution in [2.24, 2.45) is 0 Å². The maximum atomic E-state index is 2.28. The fraction of sp³-hybridized carbons (Fsp3) is 0.529. The molecule has 0 aliphatic heterocycles. The highest BCUT2D eigenvalue weighted by molar-refractivity contribution is 5.63. The second kappa shape index (κ2) is 7.32. The maximum Gasteiger partial charge on any atom is -0.00605 e. The van der Waals surface area contributed by atoms with Crippen LogP contribution in [-0.4, -0.2) is 0 Å². The quantitative estimate of drug-likeness (QED) is 0.598. The van der Waals surface area contributed by atoms with E-state index in [1.165, 1.54) is 47.9 Å². The van der Waals surface area contributed by atoms with Crippen LogP contribution < -0.4 is 0 Å². The summed E-state index contributed by atoms with van der Waals surface area (Å²) in [6.07, 6.45) is 8.96. The van der Waals surface area contributed by atoms with Gasteiger partial charge in [-0.1, -0.05) is 74.9 Å². The Morgan fingerprint density at radius 1 is 1.00 bits per heavy atom. The van der Waals surface area contributed by atoms with Crippen LogP contribution in [0.4, 0.5) is 0 Å². The minimum atomic E-state index is 1.15. The fourth-order valence-electron chi connectivity index (χ4n) is 2.15. The Morgan fingerprint density at radius 2 is 1.65 bits per heavy atom. The molecule has 1 aromatic rings. The number of unbranched alkanes of at least 4 members (excludes halogenated alkanes) is 3. The van der Waals surface area contributed by atoms with Crippen molar-refractivity contribution in [3.8, 4) is 0 Å². The summed E-state index contributed by atoms with van der Waals surface area (Å²) in [7, 11) is 0. The van der Waals surface area contributed by atoms with Crippen molar-refractivity contribution in [1.29, 1.82) is 0 Å². The summed E-state index contributed by atoms with van der Waals surface area (Å²) in [6, 6.07) is 6.66. The highest BCUT2D eigenvalue weighted by atomic mass is 14.1. The third kappa shape index (κ3) is 4.77. The Labute approximate surface area is 107 Å². The van der Waals surface area contributed by atoms with Gasteiger partial charge in [0.1, 0.15) is 0 Å². The van der Waals surface area contributed by atoms with E-state index in [0.717, 1.165) is 6.42 Å². The molecule has 17 heavy (non-hydrogen) atoms. The molecule has 0 atom stereocenters. The minimum absolute atomic E-state index is 1.15. The molecule has 0 saturated carbocycles. The number of hydrogen-bond donors (Lipinski definition) is 0. The summed E-state index contributed by atoms with van der Waals surface area (Å²) in [5.74, 6) is 0. The van der Waals surface area contributed by atoms with E-state index >= 15 is 0 Å². The zero-order chi connectivity index (χ0) is 12.7. The van der Waals surface area contributed by atoms with Crippen molar-refractivity contribution in [2.45, 2.75) is 59.8 Å². The molecule has 94 valence electrons. The largest absolute Gasteiger partial charge is 0.0683 e. The van der Waals surface area contributed by atoms with Gasteiger partial charge in [0, 0.05) is 0 Å². The van der Waals surface area contributed by atoms with E-state index in [1.807, 2.05) is 0 Å². The van der Waals surface area contributed by atoms with E-state index in [0.29, 0.717) is 0 Å². The molecule has 1 aromatic carbocycles. The summed E-state index contributed by atoms with van der Waals surface area (Å²) in [5, 5.41) is 0. The zero-order valence-corrected chi connectivity index (χ0v) is 11.8. The van der Waals surface area contributed by atoms with Crippen molar-refractivity contribution in [1.82, 2.24) is 0 Å². The number of benzene rings is 1. The van der Waals surface area contributed by atoms with E-state index in [2.05, 4.69) is 52.0 Å². The highest BCUT2D eigenvalue weighted by Gasteiger charge is 2.07. The predicted molar refractivity (Wildman–Crippen MR) is 78.4 cm³/mol. The molecule has 0 fully saturated rings. The lowest BCUT2D eigenvalue weighted by atomic mass is 10.1. The standard InChI is InChI=1S/C11H12.C6H14/c1-8-3-4-10-6-9(2)7-11(10)5-8;1-3-5-6-4-2/h3-6H,7H2,1-2H3;3-6H2,1-2H3. The first-order valence-corrected chi connectivity index (χ1v) is 6.94. The van der Waals surface area contributed by atoms with Gasteiger partial charge in [0.15, 0.2) is 0 Å². The maximum absolute atomic E-state index is 2.28. The molecule has 0 aromatic heterocycles. The van der Waals surface area contributed by atoms with Crippen LogP contribution in [0.25, 0.3) is 6.08 Å². The van der Waals surface area contributed by atoms with Gasteiger partial charge < -0.3 is 0 Å². The number of fused-ring (bicyclic) bond motifs is 1. The zero-order valence-electron chi connectivity index (χ0n) is 11.8. The number of hydrogen-bond acceptors (Lipinski definition) is 0. The van der Waals surface area contributed by atoms with Crippen LogP contribution in [0.5, 0.6) is 0 Å². The van der Waals surface area contributed by atoms with Crippen molar-refractivity contribution < 1.29 is 0 Å². The SMILES string of the molecule is CC1=Cc2ccc(C)cc2C1.CCCCCC. The Balaban J connectivity index is 0.000000209. The molecule has 0 N–H and O–H groups in total. The summed E-state index contributed by atoms with van der Waals surface area (Å²) < 4.78 is 0. The lowest BCUT2D eigenvalue weighted by Gasteiger charge is -1.98. The molecule has 0 saturated heterocycles. The molecule has 0 nitrogen and oxygen atoms in total. The van der Waals surface area contributed by atoms with Gasteiger partial charge in [-0.3, -0.25) is 0 Å². The first-order chi connectivity index (χ1) is 8.17.